The number of carbonyl (C=O) groups excluding carboxylic acids is 1. The van der Waals surface area contributed by atoms with E-state index < -0.39 is 0 Å². The number of hydrogen-bond donors (Lipinski definition) is 1. The normalized spacial score (nSPS) is 16.2. The van der Waals surface area contributed by atoms with Crippen LogP contribution in [0.2, 0.25) is 0 Å². The molecule has 1 aliphatic rings. The molecule has 19 heavy (non-hydrogen) atoms. The van der Waals surface area contributed by atoms with Gasteiger partial charge >= 0.3 is 0 Å². The second-order valence-electron chi connectivity index (χ2n) is 5.17. The minimum atomic E-state index is 0.217. The molecule has 0 saturated carbocycles. The molecule has 0 radical (unpaired) electrons. The lowest BCUT2D eigenvalue weighted by atomic mass is 10.2. The highest BCUT2D eigenvalue weighted by Gasteiger charge is 2.14. The Kier molecular flexibility index (Phi) is 5.33. The van der Waals surface area contributed by atoms with Crippen molar-refractivity contribution in [3.05, 3.63) is 29.6 Å². The largest absolute Gasteiger partial charge is 0.342 e. The third-order valence-electron chi connectivity index (χ3n) is 3.49. The van der Waals surface area contributed by atoms with E-state index in [1.807, 2.05) is 30.0 Å². The van der Waals surface area contributed by atoms with Crippen molar-refractivity contribution in [3.63, 3.8) is 0 Å². The van der Waals surface area contributed by atoms with Gasteiger partial charge in [-0.3, -0.25) is 9.78 Å². The molecule has 2 rings (SSSR count). The van der Waals surface area contributed by atoms with Crippen LogP contribution in [0.15, 0.2) is 18.2 Å². The van der Waals surface area contributed by atoms with Crippen LogP contribution in [-0.2, 0) is 11.3 Å². The quantitative estimate of drug-likeness (QED) is 0.900. The molecule has 4 heteroatoms. The van der Waals surface area contributed by atoms with Gasteiger partial charge < -0.3 is 10.2 Å². The molecule has 1 amide bonds. The standard InChI is InChI=1S/C15H23N3O/c1-13-7-6-8-14(17-13)11-16-12-15(19)18-9-4-2-3-5-10-18/h6-8,16H,2-5,9-12H2,1H3. The van der Waals surface area contributed by atoms with Crippen molar-refractivity contribution < 1.29 is 4.79 Å². The van der Waals surface area contributed by atoms with E-state index in [9.17, 15) is 4.79 Å². The maximum absolute atomic E-state index is 12.1. The van der Waals surface area contributed by atoms with Crippen molar-refractivity contribution in [1.29, 1.82) is 0 Å². The van der Waals surface area contributed by atoms with Gasteiger partial charge in [-0.15, -0.1) is 0 Å². The van der Waals surface area contributed by atoms with E-state index in [1.54, 1.807) is 0 Å². The lowest BCUT2D eigenvalue weighted by Gasteiger charge is -2.20. The van der Waals surface area contributed by atoms with E-state index in [0.29, 0.717) is 13.1 Å². The van der Waals surface area contributed by atoms with E-state index in [-0.39, 0.29) is 5.91 Å². The third-order valence-corrected chi connectivity index (χ3v) is 3.49. The SMILES string of the molecule is Cc1cccc(CNCC(=O)N2CCCCCC2)n1. The fourth-order valence-electron chi connectivity index (χ4n) is 2.43. The summed E-state index contributed by atoms with van der Waals surface area (Å²) in [6.07, 6.45) is 4.80. The summed E-state index contributed by atoms with van der Waals surface area (Å²) in [6.45, 7) is 4.88. The predicted molar refractivity (Wildman–Crippen MR) is 75.7 cm³/mol. The summed E-state index contributed by atoms with van der Waals surface area (Å²) in [7, 11) is 0. The van der Waals surface area contributed by atoms with Gasteiger partial charge in [0.25, 0.3) is 0 Å². The van der Waals surface area contributed by atoms with Gasteiger partial charge in [-0.05, 0) is 31.9 Å². The van der Waals surface area contributed by atoms with Crippen LogP contribution >= 0.6 is 0 Å². The van der Waals surface area contributed by atoms with Gasteiger partial charge in [0, 0.05) is 25.3 Å². The number of nitrogens with zero attached hydrogens (tertiary/aromatic N) is 2. The molecule has 1 aromatic rings. The summed E-state index contributed by atoms with van der Waals surface area (Å²) < 4.78 is 0. The Morgan fingerprint density at radius 2 is 2.00 bits per heavy atom. The molecule has 0 bridgehead atoms. The second kappa shape index (κ2) is 7.24. The summed E-state index contributed by atoms with van der Waals surface area (Å²) in [5.41, 5.74) is 2.00. The fraction of sp³-hybridized carbons (Fsp3) is 0.600. The molecule has 0 spiro atoms. The molecule has 0 aromatic carbocycles. The van der Waals surface area contributed by atoms with Crippen LogP contribution < -0.4 is 5.32 Å². The molecule has 2 heterocycles. The van der Waals surface area contributed by atoms with Crippen LogP contribution in [-0.4, -0.2) is 35.4 Å². The molecule has 0 aliphatic carbocycles. The lowest BCUT2D eigenvalue weighted by Crippen LogP contribution is -2.38. The number of likely N-dealkylation sites (tertiary alicyclic amines) is 1. The Morgan fingerprint density at radius 1 is 1.26 bits per heavy atom. The number of pyridine rings is 1. The molecular formula is C15H23N3O. The zero-order chi connectivity index (χ0) is 13.5. The van der Waals surface area contributed by atoms with Crippen LogP contribution in [0.1, 0.15) is 37.1 Å². The first-order chi connectivity index (χ1) is 9.25. The molecule has 1 N–H and O–H groups in total. The molecule has 1 saturated heterocycles. The number of amides is 1. The molecule has 1 aliphatic heterocycles. The maximum atomic E-state index is 12.1. The number of nitrogens with one attached hydrogen (secondary N) is 1. The van der Waals surface area contributed by atoms with E-state index in [4.69, 9.17) is 0 Å². The van der Waals surface area contributed by atoms with Gasteiger partial charge in [0.15, 0.2) is 0 Å². The van der Waals surface area contributed by atoms with Gasteiger partial charge in [-0.2, -0.15) is 0 Å². The summed E-state index contributed by atoms with van der Waals surface area (Å²) in [5.74, 6) is 0.217. The van der Waals surface area contributed by atoms with E-state index >= 15 is 0 Å². The average Bonchev–Trinajstić information content (AvgIpc) is 2.67. The maximum Gasteiger partial charge on any atom is 0.236 e. The Balaban J connectivity index is 1.74. The van der Waals surface area contributed by atoms with Crippen LogP contribution in [0.3, 0.4) is 0 Å². The summed E-state index contributed by atoms with van der Waals surface area (Å²) >= 11 is 0. The Morgan fingerprint density at radius 3 is 2.68 bits per heavy atom. The van der Waals surface area contributed by atoms with Gasteiger partial charge in [-0.25, -0.2) is 0 Å². The first kappa shape index (κ1) is 14.0. The fourth-order valence-corrected chi connectivity index (χ4v) is 2.43. The number of aromatic nitrogens is 1. The number of hydrogen-bond acceptors (Lipinski definition) is 3. The molecule has 0 atom stereocenters. The van der Waals surface area contributed by atoms with E-state index in [0.717, 1.165) is 37.3 Å². The monoisotopic (exact) mass is 261 g/mol. The molecule has 1 fully saturated rings. The Bertz CT molecular complexity index is 412. The molecule has 104 valence electrons. The Labute approximate surface area is 115 Å². The van der Waals surface area contributed by atoms with Crippen LogP contribution in [0, 0.1) is 6.92 Å². The van der Waals surface area contributed by atoms with Gasteiger partial charge in [-0.1, -0.05) is 18.9 Å². The first-order valence-corrected chi connectivity index (χ1v) is 7.17. The number of carbonyl (C=O) groups is 1. The Hall–Kier alpha value is -1.42. The van der Waals surface area contributed by atoms with Gasteiger partial charge in [0.1, 0.15) is 0 Å². The topological polar surface area (TPSA) is 45.2 Å². The van der Waals surface area contributed by atoms with Crippen molar-refractivity contribution in [3.8, 4) is 0 Å². The highest BCUT2D eigenvalue weighted by Crippen LogP contribution is 2.09. The number of rotatable bonds is 4. The lowest BCUT2D eigenvalue weighted by molar-refractivity contribution is -0.130. The van der Waals surface area contributed by atoms with Gasteiger partial charge in [0.2, 0.25) is 5.91 Å². The summed E-state index contributed by atoms with van der Waals surface area (Å²) in [5, 5.41) is 3.19. The van der Waals surface area contributed by atoms with Crippen molar-refractivity contribution in [2.24, 2.45) is 0 Å². The molecular weight excluding hydrogens is 238 g/mol. The second-order valence-corrected chi connectivity index (χ2v) is 5.17. The molecule has 0 unspecified atom stereocenters. The highest BCUT2D eigenvalue weighted by atomic mass is 16.2. The minimum Gasteiger partial charge on any atom is -0.342 e. The van der Waals surface area contributed by atoms with Crippen LogP contribution in [0.4, 0.5) is 0 Å². The van der Waals surface area contributed by atoms with Crippen molar-refractivity contribution in [1.82, 2.24) is 15.2 Å². The molecule has 4 nitrogen and oxygen atoms in total. The van der Waals surface area contributed by atoms with Crippen molar-refractivity contribution in [2.75, 3.05) is 19.6 Å². The van der Waals surface area contributed by atoms with E-state index in [1.165, 1.54) is 12.8 Å². The van der Waals surface area contributed by atoms with Crippen molar-refractivity contribution >= 4 is 5.91 Å². The smallest absolute Gasteiger partial charge is 0.236 e. The minimum absolute atomic E-state index is 0.217. The predicted octanol–water partition coefficient (Wildman–Crippen LogP) is 1.88. The van der Waals surface area contributed by atoms with Gasteiger partial charge in [0.05, 0.1) is 12.2 Å². The van der Waals surface area contributed by atoms with E-state index in [2.05, 4.69) is 10.3 Å². The average molecular weight is 261 g/mol. The zero-order valence-corrected chi connectivity index (χ0v) is 11.7. The highest BCUT2D eigenvalue weighted by molar-refractivity contribution is 5.78. The van der Waals surface area contributed by atoms with Crippen LogP contribution in [0.25, 0.3) is 0 Å². The number of aryl methyl sites for hydroxylation is 1. The molecule has 1 aromatic heterocycles. The summed E-state index contributed by atoms with van der Waals surface area (Å²) in [4.78, 5) is 18.5. The van der Waals surface area contributed by atoms with Crippen molar-refractivity contribution in [2.45, 2.75) is 39.2 Å². The summed E-state index contributed by atoms with van der Waals surface area (Å²) in [6, 6.07) is 5.96. The zero-order valence-electron chi connectivity index (χ0n) is 11.7. The first-order valence-electron chi connectivity index (χ1n) is 7.17. The third kappa shape index (κ3) is 4.63. The van der Waals surface area contributed by atoms with Crippen LogP contribution in [0.5, 0.6) is 0 Å².